The fourth-order valence-electron chi connectivity index (χ4n) is 1.25. The van der Waals surface area contributed by atoms with Crippen molar-refractivity contribution >= 4 is 30.8 Å². The first-order valence-corrected chi connectivity index (χ1v) is 18.8. The minimum absolute atomic E-state index is 0.0136. The van der Waals surface area contributed by atoms with E-state index in [1.165, 1.54) is 0 Å². The Kier molecular flexibility index (Phi) is 4.22. The monoisotopic (exact) mass is 232 g/mol. The van der Waals surface area contributed by atoms with Gasteiger partial charge in [-0.1, -0.05) is 52.4 Å². The average Bonchev–Trinajstić information content (AvgIpc) is 1.86. The van der Waals surface area contributed by atoms with Crippen molar-refractivity contribution in [2.45, 2.75) is 52.4 Å². The summed E-state index contributed by atoms with van der Waals surface area (Å²) in [6, 6.07) is 0. The van der Waals surface area contributed by atoms with Gasteiger partial charge in [0.05, 0.1) is 0 Å². The van der Waals surface area contributed by atoms with Crippen molar-refractivity contribution in [2.24, 2.45) is 0 Å². The van der Waals surface area contributed by atoms with Crippen LogP contribution in [-0.2, 0) is 0 Å². The van der Waals surface area contributed by atoms with Crippen LogP contribution in [0.5, 0.6) is 0 Å². The molecule has 0 spiro atoms. The smallest absolute Gasteiger partial charge is 0.0307 e. The highest BCUT2D eigenvalue weighted by atomic mass is 29.8. The SMILES string of the molecule is C[Si](C)[Si](C)(C)[Si](C)(C)[Si](C)C. The van der Waals surface area contributed by atoms with E-state index in [-0.39, 0.29) is 16.6 Å². The molecule has 0 aliphatic heterocycles. The Balaban J connectivity index is 4.75. The molecule has 12 heavy (non-hydrogen) atoms. The second kappa shape index (κ2) is 3.94. The maximum absolute atomic E-state index is 2.66. The molecule has 0 bridgehead atoms. The van der Waals surface area contributed by atoms with Gasteiger partial charge in [-0.05, 0) is 0 Å². The average molecular weight is 233 g/mol. The molecule has 0 rings (SSSR count). The van der Waals surface area contributed by atoms with E-state index in [2.05, 4.69) is 52.4 Å². The first-order chi connectivity index (χ1) is 5.14. The highest BCUT2D eigenvalue weighted by Gasteiger charge is 2.45. The van der Waals surface area contributed by atoms with Crippen LogP contribution in [0.2, 0.25) is 52.4 Å². The predicted molar refractivity (Wildman–Crippen MR) is 69.9 cm³/mol. The molecule has 4 heteroatoms. The topological polar surface area (TPSA) is 0 Å². The Morgan fingerprint density at radius 1 is 0.583 bits per heavy atom. The molecule has 0 aliphatic carbocycles. The van der Waals surface area contributed by atoms with Gasteiger partial charge >= 0.3 is 0 Å². The highest BCUT2D eigenvalue weighted by Crippen LogP contribution is 2.24. The fraction of sp³-hybridized carbons (Fsp3) is 1.00. The molecule has 2 radical (unpaired) electrons. The zero-order valence-electron chi connectivity index (χ0n) is 10.0. The van der Waals surface area contributed by atoms with E-state index in [1.54, 1.807) is 0 Å². The molecule has 0 fully saturated rings. The van der Waals surface area contributed by atoms with Crippen molar-refractivity contribution in [3.05, 3.63) is 0 Å². The van der Waals surface area contributed by atoms with E-state index < -0.39 is 14.2 Å². The van der Waals surface area contributed by atoms with Crippen molar-refractivity contribution in [2.75, 3.05) is 0 Å². The maximum Gasteiger partial charge on any atom is 0.0307 e. The van der Waals surface area contributed by atoms with Crippen molar-refractivity contribution in [1.82, 2.24) is 0 Å². The Bertz CT molecular complexity index is 131. The summed E-state index contributed by atoms with van der Waals surface area (Å²) in [6.07, 6.45) is 0. The molecule has 0 aromatic heterocycles. The van der Waals surface area contributed by atoms with Crippen LogP contribution in [0.4, 0.5) is 0 Å². The normalized spacial score (nSPS) is 14.5. The zero-order valence-corrected chi connectivity index (χ0v) is 14.0. The van der Waals surface area contributed by atoms with Crippen molar-refractivity contribution in [3.63, 3.8) is 0 Å². The van der Waals surface area contributed by atoms with E-state index in [4.69, 9.17) is 0 Å². The van der Waals surface area contributed by atoms with Gasteiger partial charge in [-0.3, -0.25) is 0 Å². The van der Waals surface area contributed by atoms with Crippen LogP contribution < -0.4 is 0 Å². The van der Waals surface area contributed by atoms with Crippen LogP contribution in [0.15, 0.2) is 0 Å². The number of rotatable bonds is 3. The largest absolute Gasteiger partial charge is 0.0735 e. The van der Waals surface area contributed by atoms with Gasteiger partial charge in [0.1, 0.15) is 0 Å². The molecule has 0 atom stereocenters. The van der Waals surface area contributed by atoms with Crippen molar-refractivity contribution in [3.8, 4) is 0 Å². The van der Waals surface area contributed by atoms with Crippen molar-refractivity contribution in [1.29, 1.82) is 0 Å². The molecule has 0 aromatic carbocycles. The summed E-state index contributed by atoms with van der Waals surface area (Å²) in [6.45, 7) is 20.8. The van der Waals surface area contributed by atoms with Crippen LogP contribution in [-0.4, -0.2) is 30.8 Å². The number of hydrogen-bond donors (Lipinski definition) is 0. The Morgan fingerprint density at radius 2 is 0.750 bits per heavy atom. The van der Waals surface area contributed by atoms with E-state index in [9.17, 15) is 0 Å². The lowest BCUT2D eigenvalue weighted by Gasteiger charge is -2.43. The molecule has 0 amide bonds. The minimum atomic E-state index is -0.785. The summed E-state index contributed by atoms with van der Waals surface area (Å²) in [7, 11) is -1.54. The molecule has 0 saturated heterocycles. The Morgan fingerprint density at radius 3 is 0.833 bits per heavy atom. The van der Waals surface area contributed by atoms with Gasteiger partial charge in [-0.2, -0.15) is 0 Å². The summed E-state index contributed by atoms with van der Waals surface area (Å²) in [5, 5.41) is 0. The van der Waals surface area contributed by atoms with Crippen molar-refractivity contribution < 1.29 is 0 Å². The lowest BCUT2D eigenvalue weighted by atomic mass is 11.9. The summed E-state index contributed by atoms with van der Waals surface area (Å²) in [5.74, 6) is 0. The van der Waals surface area contributed by atoms with E-state index in [1.807, 2.05) is 0 Å². The standard InChI is InChI=1S/C8H24Si4/c1-9(2)11(5,6)12(7,8)10(3)4/h1-8H3. The van der Waals surface area contributed by atoms with E-state index in [0.717, 1.165) is 0 Å². The first kappa shape index (κ1) is 12.9. The number of hydrogen-bond acceptors (Lipinski definition) is 0. The van der Waals surface area contributed by atoms with Gasteiger partial charge in [-0.25, -0.2) is 0 Å². The van der Waals surface area contributed by atoms with Crippen LogP contribution in [0, 0.1) is 0 Å². The lowest BCUT2D eigenvalue weighted by Crippen LogP contribution is -2.69. The molecule has 0 unspecified atom stereocenters. The molecule has 0 heterocycles. The van der Waals surface area contributed by atoms with Gasteiger partial charge in [0, 0.05) is 30.8 Å². The third kappa shape index (κ3) is 2.21. The minimum Gasteiger partial charge on any atom is -0.0735 e. The van der Waals surface area contributed by atoms with Crippen LogP contribution >= 0.6 is 0 Å². The molecule has 0 saturated carbocycles. The quantitative estimate of drug-likeness (QED) is 0.656. The van der Waals surface area contributed by atoms with E-state index in [0.29, 0.717) is 0 Å². The third-order valence-electron chi connectivity index (χ3n) is 4.06. The lowest BCUT2D eigenvalue weighted by molar-refractivity contribution is 1.83. The molecule has 0 N–H and O–H groups in total. The molecule has 0 aromatic rings. The summed E-state index contributed by atoms with van der Waals surface area (Å²) >= 11 is 0. The molecule has 0 aliphatic rings. The highest BCUT2D eigenvalue weighted by molar-refractivity contribution is 7.77. The summed E-state index contributed by atoms with van der Waals surface area (Å²) in [5.41, 5.74) is 0. The van der Waals surface area contributed by atoms with Gasteiger partial charge in [-0.15, -0.1) is 0 Å². The van der Waals surface area contributed by atoms with Gasteiger partial charge in [0.2, 0.25) is 0 Å². The van der Waals surface area contributed by atoms with E-state index >= 15 is 0 Å². The zero-order chi connectivity index (χ0) is 10.2. The van der Waals surface area contributed by atoms with Crippen LogP contribution in [0.25, 0.3) is 0 Å². The van der Waals surface area contributed by atoms with Crippen LogP contribution in [0.3, 0.4) is 0 Å². The second-order valence-corrected chi connectivity index (χ2v) is 39.8. The molecule has 72 valence electrons. The Labute approximate surface area is 83.4 Å². The summed E-state index contributed by atoms with van der Waals surface area (Å²) < 4.78 is 0. The Hall–Kier alpha value is 0.868. The van der Waals surface area contributed by atoms with Crippen LogP contribution in [0.1, 0.15) is 0 Å². The fourth-order valence-corrected chi connectivity index (χ4v) is 47.2. The maximum atomic E-state index is 2.66. The molecule has 0 nitrogen and oxygen atoms in total. The predicted octanol–water partition coefficient (Wildman–Crippen LogP) is 3.15. The molecular weight excluding hydrogens is 208 g/mol. The summed E-state index contributed by atoms with van der Waals surface area (Å²) in [4.78, 5) is 0. The third-order valence-corrected chi connectivity index (χ3v) is 59.1. The first-order valence-electron chi connectivity index (χ1n) is 4.75. The van der Waals surface area contributed by atoms with Gasteiger partial charge in [0.15, 0.2) is 0 Å². The van der Waals surface area contributed by atoms with Gasteiger partial charge < -0.3 is 0 Å². The van der Waals surface area contributed by atoms with Gasteiger partial charge in [0.25, 0.3) is 0 Å². The molecular formula is C8H24Si4. The second-order valence-electron chi connectivity index (χ2n) is 5.25.